The highest BCUT2D eigenvalue weighted by Gasteiger charge is 2.25. The fourth-order valence-corrected chi connectivity index (χ4v) is 2.90. The molecule has 0 saturated carbocycles. The molecular formula is C18H26Cl2N4O2. The highest BCUT2D eigenvalue weighted by Crippen LogP contribution is 2.19. The number of hydrogen-bond donors (Lipinski definition) is 2. The van der Waals surface area contributed by atoms with Gasteiger partial charge >= 0.3 is 0 Å². The summed E-state index contributed by atoms with van der Waals surface area (Å²) in [6, 6.07) is 7.18. The number of carbonyl (C=O) groups is 1. The standard InChI is InChI=1S/C18H25ClN4O2.ClH/c1-12(2)10-18(3,11-20)22-15(24)8-9-16-21-17(23-25-16)13-4-6-14(19)7-5-13;/h4-7,12H,8-11,20H2,1-3H3,(H,22,24);1H. The van der Waals surface area contributed by atoms with E-state index in [9.17, 15) is 4.79 Å². The molecule has 1 heterocycles. The van der Waals surface area contributed by atoms with Crippen LogP contribution in [0.1, 0.15) is 39.5 Å². The Morgan fingerprint density at radius 1 is 1.35 bits per heavy atom. The number of amides is 1. The predicted octanol–water partition coefficient (Wildman–Crippen LogP) is 3.62. The van der Waals surface area contributed by atoms with E-state index >= 15 is 0 Å². The molecule has 0 aliphatic rings. The van der Waals surface area contributed by atoms with E-state index in [0.29, 0.717) is 35.6 Å². The van der Waals surface area contributed by atoms with Gasteiger partial charge in [-0.2, -0.15) is 4.98 Å². The van der Waals surface area contributed by atoms with Crippen LogP contribution in [0.15, 0.2) is 28.8 Å². The Hall–Kier alpha value is -1.63. The molecule has 6 nitrogen and oxygen atoms in total. The van der Waals surface area contributed by atoms with Gasteiger partial charge in [0.15, 0.2) is 0 Å². The molecule has 0 aliphatic carbocycles. The lowest BCUT2D eigenvalue weighted by Gasteiger charge is -2.31. The minimum Gasteiger partial charge on any atom is -0.350 e. The van der Waals surface area contributed by atoms with Gasteiger partial charge in [-0.3, -0.25) is 4.79 Å². The van der Waals surface area contributed by atoms with Crippen LogP contribution in [0.2, 0.25) is 5.02 Å². The lowest BCUT2D eigenvalue weighted by molar-refractivity contribution is -0.123. The van der Waals surface area contributed by atoms with Crippen molar-refractivity contribution in [2.45, 2.75) is 45.6 Å². The number of benzene rings is 1. The van der Waals surface area contributed by atoms with Gasteiger partial charge in [0.05, 0.1) is 0 Å². The summed E-state index contributed by atoms with van der Waals surface area (Å²) in [7, 11) is 0. The van der Waals surface area contributed by atoms with Crippen molar-refractivity contribution < 1.29 is 9.32 Å². The smallest absolute Gasteiger partial charge is 0.227 e. The number of aromatic nitrogens is 2. The van der Waals surface area contributed by atoms with Crippen LogP contribution in [0.5, 0.6) is 0 Å². The first-order valence-corrected chi connectivity index (χ1v) is 8.79. The molecule has 0 aliphatic heterocycles. The van der Waals surface area contributed by atoms with Crippen LogP contribution < -0.4 is 11.1 Å². The van der Waals surface area contributed by atoms with Crippen molar-refractivity contribution in [3.63, 3.8) is 0 Å². The Balaban J connectivity index is 0.00000338. The maximum absolute atomic E-state index is 12.2. The van der Waals surface area contributed by atoms with Gasteiger partial charge in [0, 0.05) is 35.5 Å². The van der Waals surface area contributed by atoms with Crippen LogP contribution in [0.4, 0.5) is 0 Å². The van der Waals surface area contributed by atoms with Crippen LogP contribution in [0.25, 0.3) is 11.4 Å². The second-order valence-corrected chi connectivity index (χ2v) is 7.37. The molecule has 0 fully saturated rings. The summed E-state index contributed by atoms with van der Waals surface area (Å²) in [6.45, 7) is 6.59. The number of aryl methyl sites for hydroxylation is 1. The van der Waals surface area contributed by atoms with Crippen molar-refractivity contribution in [3.8, 4) is 11.4 Å². The zero-order valence-corrected chi connectivity index (χ0v) is 16.9. The monoisotopic (exact) mass is 400 g/mol. The fraction of sp³-hybridized carbons (Fsp3) is 0.500. The minimum absolute atomic E-state index is 0. The second-order valence-electron chi connectivity index (χ2n) is 6.93. The van der Waals surface area contributed by atoms with Gasteiger partial charge in [-0.1, -0.05) is 30.6 Å². The van der Waals surface area contributed by atoms with E-state index in [2.05, 4.69) is 29.3 Å². The normalized spacial score (nSPS) is 13.2. The average molecular weight is 401 g/mol. The molecule has 1 amide bonds. The number of rotatable bonds is 8. The largest absolute Gasteiger partial charge is 0.350 e. The van der Waals surface area contributed by atoms with E-state index in [1.165, 1.54) is 0 Å². The molecule has 1 aromatic heterocycles. The zero-order valence-electron chi connectivity index (χ0n) is 15.3. The van der Waals surface area contributed by atoms with Crippen molar-refractivity contribution in [1.82, 2.24) is 15.5 Å². The number of hydrogen-bond acceptors (Lipinski definition) is 5. The topological polar surface area (TPSA) is 94.0 Å². The average Bonchev–Trinajstić information content (AvgIpc) is 3.02. The van der Waals surface area contributed by atoms with E-state index in [4.69, 9.17) is 21.9 Å². The zero-order chi connectivity index (χ0) is 18.4. The van der Waals surface area contributed by atoms with Crippen molar-refractivity contribution >= 4 is 29.9 Å². The number of nitrogens with zero attached hydrogens (tertiary/aromatic N) is 2. The third-order valence-electron chi connectivity index (χ3n) is 3.89. The first-order chi connectivity index (χ1) is 11.8. The Morgan fingerprint density at radius 2 is 2.00 bits per heavy atom. The SMILES string of the molecule is CC(C)CC(C)(CN)NC(=O)CCc1nc(-c2ccc(Cl)cc2)no1.Cl. The Morgan fingerprint density at radius 3 is 2.58 bits per heavy atom. The van der Waals surface area contributed by atoms with Crippen molar-refractivity contribution in [2.75, 3.05) is 6.54 Å². The molecule has 144 valence electrons. The summed E-state index contributed by atoms with van der Waals surface area (Å²) in [5.41, 5.74) is 6.25. The minimum atomic E-state index is -0.394. The summed E-state index contributed by atoms with van der Waals surface area (Å²) < 4.78 is 5.22. The number of nitrogens with one attached hydrogen (secondary N) is 1. The third kappa shape index (κ3) is 6.59. The van der Waals surface area contributed by atoms with Crippen molar-refractivity contribution in [1.29, 1.82) is 0 Å². The molecule has 2 rings (SSSR count). The molecule has 2 aromatic rings. The van der Waals surface area contributed by atoms with Crippen LogP contribution in [-0.4, -0.2) is 28.1 Å². The summed E-state index contributed by atoms with van der Waals surface area (Å²) in [5, 5.41) is 7.61. The second kappa shape index (κ2) is 9.90. The summed E-state index contributed by atoms with van der Waals surface area (Å²) in [5.74, 6) is 1.30. The lowest BCUT2D eigenvalue weighted by atomic mass is 9.90. The molecule has 8 heteroatoms. The number of carbonyl (C=O) groups excluding carboxylic acids is 1. The van der Waals surface area contributed by atoms with Crippen LogP contribution >= 0.6 is 24.0 Å². The fourth-order valence-electron chi connectivity index (χ4n) is 2.78. The number of nitrogens with two attached hydrogens (primary N) is 1. The van der Waals surface area contributed by atoms with Crippen LogP contribution in [0, 0.1) is 5.92 Å². The van der Waals surface area contributed by atoms with Crippen molar-refractivity contribution in [2.24, 2.45) is 11.7 Å². The van der Waals surface area contributed by atoms with E-state index in [1.807, 2.05) is 19.1 Å². The van der Waals surface area contributed by atoms with Crippen molar-refractivity contribution in [3.05, 3.63) is 35.2 Å². The molecule has 1 aromatic carbocycles. The molecule has 1 unspecified atom stereocenters. The molecule has 0 saturated heterocycles. The first kappa shape index (κ1) is 22.4. The molecule has 0 radical (unpaired) electrons. The maximum Gasteiger partial charge on any atom is 0.227 e. The lowest BCUT2D eigenvalue weighted by Crippen LogP contribution is -2.52. The van der Waals surface area contributed by atoms with E-state index < -0.39 is 5.54 Å². The third-order valence-corrected chi connectivity index (χ3v) is 4.14. The van der Waals surface area contributed by atoms with E-state index in [-0.39, 0.29) is 24.7 Å². The quantitative estimate of drug-likeness (QED) is 0.705. The van der Waals surface area contributed by atoms with Gasteiger partial charge < -0.3 is 15.6 Å². The van der Waals surface area contributed by atoms with Gasteiger partial charge in [0.25, 0.3) is 0 Å². The summed E-state index contributed by atoms with van der Waals surface area (Å²) in [6.07, 6.45) is 1.49. The number of halogens is 2. The van der Waals surface area contributed by atoms with Gasteiger partial charge in [0.1, 0.15) is 0 Å². The molecule has 0 bridgehead atoms. The highest BCUT2D eigenvalue weighted by atomic mass is 35.5. The van der Waals surface area contributed by atoms with Crippen LogP contribution in [-0.2, 0) is 11.2 Å². The van der Waals surface area contributed by atoms with E-state index in [1.54, 1.807) is 12.1 Å². The van der Waals surface area contributed by atoms with Crippen LogP contribution in [0.3, 0.4) is 0 Å². The van der Waals surface area contributed by atoms with Gasteiger partial charge in [0.2, 0.25) is 17.6 Å². The summed E-state index contributed by atoms with van der Waals surface area (Å²) in [4.78, 5) is 16.5. The predicted molar refractivity (Wildman–Crippen MR) is 105 cm³/mol. The molecule has 3 N–H and O–H groups in total. The Kier molecular flexibility index (Phi) is 8.53. The maximum atomic E-state index is 12.2. The molecule has 0 spiro atoms. The molecule has 26 heavy (non-hydrogen) atoms. The van der Waals surface area contributed by atoms with Gasteiger partial charge in [-0.15, -0.1) is 12.4 Å². The van der Waals surface area contributed by atoms with E-state index in [0.717, 1.165) is 12.0 Å². The van der Waals surface area contributed by atoms with Gasteiger partial charge in [-0.05, 0) is 43.5 Å². The summed E-state index contributed by atoms with van der Waals surface area (Å²) >= 11 is 5.87. The first-order valence-electron chi connectivity index (χ1n) is 8.41. The molecule has 1 atom stereocenters. The molecular weight excluding hydrogens is 375 g/mol. The Bertz CT molecular complexity index is 703. The highest BCUT2D eigenvalue weighted by molar-refractivity contribution is 6.30. The van der Waals surface area contributed by atoms with Gasteiger partial charge in [-0.25, -0.2) is 0 Å². The Labute approximate surface area is 165 Å².